The number of amides is 1. The lowest BCUT2D eigenvalue weighted by Gasteiger charge is -2.35. The van der Waals surface area contributed by atoms with Gasteiger partial charge in [-0.1, -0.05) is 18.2 Å². The highest BCUT2D eigenvalue weighted by atomic mass is 19.4. The molecule has 35 heavy (non-hydrogen) atoms. The summed E-state index contributed by atoms with van der Waals surface area (Å²) in [5.74, 6) is 1.55. The van der Waals surface area contributed by atoms with Gasteiger partial charge >= 0.3 is 6.18 Å². The van der Waals surface area contributed by atoms with E-state index in [1.165, 1.54) is 6.07 Å². The van der Waals surface area contributed by atoms with E-state index in [4.69, 9.17) is 4.98 Å². The SMILES string of the molecule is Cc1cc(Nc2nc(N3CCN(C(=O)Cc4cccc(C(F)(F)F)c4)CC3)nn3cccc23)n[nH]1. The van der Waals surface area contributed by atoms with Crippen LogP contribution in [0.15, 0.2) is 48.7 Å². The predicted molar refractivity (Wildman–Crippen MR) is 124 cm³/mol. The van der Waals surface area contributed by atoms with E-state index in [1.807, 2.05) is 36.2 Å². The number of aryl methyl sites for hydroxylation is 1. The minimum atomic E-state index is -4.44. The Balaban J connectivity index is 1.26. The highest BCUT2D eigenvalue weighted by Crippen LogP contribution is 2.30. The number of anilines is 3. The summed E-state index contributed by atoms with van der Waals surface area (Å²) in [5.41, 5.74) is 1.31. The second-order valence-electron chi connectivity index (χ2n) is 8.40. The first-order chi connectivity index (χ1) is 16.8. The molecule has 0 unspecified atom stereocenters. The summed E-state index contributed by atoms with van der Waals surface area (Å²) in [4.78, 5) is 21.1. The molecule has 12 heteroatoms. The zero-order chi connectivity index (χ0) is 24.6. The van der Waals surface area contributed by atoms with Crippen molar-refractivity contribution < 1.29 is 18.0 Å². The zero-order valence-corrected chi connectivity index (χ0v) is 18.9. The molecule has 5 rings (SSSR count). The van der Waals surface area contributed by atoms with Gasteiger partial charge in [-0.3, -0.25) is 9.89 Å². The quantitative estimate of drug-likeness (QED) is 0.451. The van der Waals surface area contributed by atoms with Crippen LogP contribution < -0.4 is 10.2 Å². The number of fused-ring (bicyclic) bond motifs is 1. The van der Waals surface area contributed by atoms with Crippen LogP contribution in [0.2, 0.25) is 0 Å². The molecule has 3 aromatic heterocycles. The number of aromatic amines is 1. The van der Waals surface area contributed by atoms with E-state index in [9.17, 15) is 18.0 Å². The van der Waals surface area contributed by atoms with E-state index < -0.39 is 11.7 Å². The van der Waals surface area contributed by atoms with Crippen LogP contribution in [-0.2, 0) is 17.4 Å². The third-order valence-corrected chi connectivity index (χ3v) is 5.86. The molecule has 4 heterocycles. The Morgan fingerprint density at radius 3 is 2.63 bits per heavy atom. The van der Waals surface area contributed by atoms with Gasteiger partial charge in [0, 0.05) is 44.1 Å². The first kappa shape index (κ1) is 22.7. The molecular formula is C23H23F3N8O. The van der Waals surface area contributed by atoms with Crippen molar-refractivity contribution in [2.24, 2.45) is 0 Å². The number of nitrogens with zero attached hydrogens (tertiary/aromatic N) is 6. The van der Waals surface area contributed by atoms with Gasteiger partial charge < -0.3 is 15.1 Å². The second-order valence-corrected chi connectivity index (χ2v) is 8.40. The summed E-state index contributed by atoms with van der Waals surface area (Å²) >= 11 is 0. The van der Waals surface area contributed by atoms with Crippen LogP contribution in [0.3, 0.4) is 0 Å². The maximum atomic E-state index is 13.0. The highest BCUT2D eigenvalue weighted by Gasteiger charge is 2.31. The average Bonchev–Trinajstić information content (AvgIpc) is 3.47. The number of hydrogen-bond acceptors (Lipinski definition) is 6. The molecule has 0 radical (unpaired) electrons. The maximum Gasteiger partial charge on any atom is 0.416 e. The van der Waals surface area contributed by atoms with E-state index in [-0.39, 0.29) is 12.3 Å². The fourth-order valence-corrected chi connectivity index (χ4v) is 4.05. The number of halogens is 3. The van der Waals surface area contributed by atoms with Crippen LogP contribution in [0, 0.1) is 6.92 Å². The average molecular weight is 484 g/mol. The first-order valence-corrected chi connectivity index (χ1v) is 11.1. The second kappa shape index (κ2) is 8.93. The van der Waals surface area contributed by atoms with Crippen LogP contribution in [0.5, 0.6) is 0 Å². The van der Waals surface area contributed by atoms with E-state index in [0.717, 1.165) is 23.3 Å². The van der Waals surface area contributed by atoms with E-state index in [2.05, 4.69) is 20.6 Å². The number of aromatic nitrogens is 5. The molecule has 1 saturated heterocycles. The van der Waals surface area contributed by atoms with Gasteiger partial charge in [0.05, 0.1) is 12.0 Å². The van der Waals surface area contributed by atoms with E-state index >= 15 is 0 Å². The van der Waals surface area contributed by atoms with Crippen molar-refractivity contribution in [1.82, 2.24) is 29.7 Å². The minimum Gasteiger partial charge on any atom is -0.339 e. The van der Waals surface area contributed by atoms with Gasteiger partial charge in [0.2, 0.25) is 11.9 Å². The Hall–Kier alpha value is -4.09. The van der Waals surface area contributed by atoms with Crippen molar-refractivity contribution in [3.8, 4) is 0 Å². The smallest absolute Gasteiger partial charge is 0.339 e. The fourth-order valence-electron chi connectivity index (χ4n) is 4.05. The van der Waals surface area contributed by atoms with Gasteiger partial charge in [-0.2, -0.15) is 23.3 Å². The van der Waals surface area contributed by atoms with Crippen LogP contribution in [-0.4, -0.2) is 61.8 Å². The molecule has 0 aliphatic carbocycles. The Bertz CT molecular complexity index is 1350. The number of benzene rings is 1. The minimum absolute atomic E-state index is 0.0765. The van der Waals surface area contributed by atoms with E-state index in [1.54, 1.807) is 15.5 Å². The predicted octanol–water partition coefficient (Wildman–Crippen LogP) is 3.41. The van der Waals surface area contributed by atoms with Crippen LogP contribution in [0.1, 0.15) is 16.8 Å². The van der Waals surface area contributed by atoms with Crippen molar-refractivity contribution in [3.05, 3.63) is 65.5 Å². The normalized spacial score (nSPS) is 14.5. The molecule has 0 saturated carbocycles. The van der Waals surface area contributed by atoms with Gasteiger partial charge in [0.25, 0.3) is 0 Å². The topological polar surface area (TPSA) is 94.5 Å². The molecule has 4 aromatic rings. The number of piperazine rings is 1. The number of carbonyl (C=O) groups excluding carboxylic acids is 1. The summed E-state index contributed by atoms with van der Waals surface area (Å²) in [6.07, 6.45) is -2.68. The Morgan fingerprint density at radius 2 is 1.91 bits per heavy atom. The van der Waals surface area contributed by atoms with Gasteiger partial charge in [0.1, 0.15) is 5.52 Å². The Labute approximate surface area is 198 Å². The largest absolute Gasteiger partial charge is 0.416 e. The fraction of sp³-hybridized carbons (Fsp3) is 0.304. The summed E-state index contributed by atoms with van der Waals surface area (Å²) < 4.78 is 40.6. The molecule has 1 aromatic carbocycles. The lowest BCUT2D eigenvalue weighted by atomic mass is 10.1. The third kappa shape index (κ3) is 4.91. The molecule has 1 aliphatic rings. The summed E-state index contributed by atoms with van der Waals surface area (Å²) in [6, 6.07) is 10.5. The summed E-state index contributed by atoms with van der Waals surface area (Å²) in [6.45, 7) is 3.76. The monoisotopic (exact) mass is 484 g/mol. The molecule has 0 spiro atoms. The van der Waals surface area contributed by atoms with Crippen molar-refractivity contribution in [3.63, 3.8) is 0 Å². The third-order valence-electron chi connectivity index (χ3n) is 5.86. The van der Waals surface area contributed by atoms with Crippen LogP contribution in [0.25, 0.3) is 5.52 Å². The van der Waals surface area contributed by atoms with Gasteiger partial charge in [-0.05, 0) is 30.7 Å². The van der Waals surface area contributed by atoms with Crippen molar-refractivity contribution in [2.75, 3.05) is 36.4 Å². The highest BCUT2D eigenvalue weighted by molar-refractivity contribution is 5.79. The zero-order valence-electron chi connectivity index (χ0n) is 18.9. The molecule has 1 aliphatic heterocycles. The molecule has 0 atom stereocenters. The lowest BCUT2D eigenvalue weighted by Crippen LogP contribution is -2.49. The number of carbonyl (C=O) groups is 1. The van der Waals surface area contributed by atoms with Crippen molar-refractivity contribution >= 4 is 29.0 Å². The summed E-state index contributed by atoms with van der Waals surface area (Å²) in [7, 11) is 0. The van der Waals surface area contributed by atoms with Gasteiger partial charge in [-0.25, -0.2) is 4.52 Å². The molecule has 1 amide bonds. The number of alkyl halides is 3. The molecule has 1 fully saturated rings. The lowest BCUT2D eigenvalue weighted by molar-refractivity contribution is -0.138. The van der Waals surface area contributed by atoms with Crippen molar-refractivity contribution in [2.45, 2.75) is 19.5 Å². The molecular weight excluding hydrogens is 461 g/mol. The molecule has 182 valence electrons. The summed E-state index contributed by atoms with van der Waals surface area (Å²) in [5, 5.41) is 14.9. The van der Waals surface area contributed by atoms with Crippen molar-refractivity contribution in [1.29, 1.82) is 0 Å². The Kier molecular flexibility index (Phi) is 5.79. The van der Waals surface area contributed by atoms with Crippen LogP contribution >= 0.6 is 0 Å². The maximum absolute atomic E-state index is 13.0. The molecule has 0 bridgehead atoms. The number of nitrogens with one attached hydrogen (secondary N) is 2. The van der Waals surface area contributed by atoms with E-state index in [0.29, 0.717) is 49.3 Å². The van der Waals surface area contributed by atoms with Crippen LogP contribution in [0.4, 0.5) is 30.8 Å². The number of hydrogen-bond donors (Lipinski definition) is 2. The van der Waals surface area contributed by atoms with Gasteiger partial charge in [0.15, 0.2) is 11.6 Å². The molecule has 2 N–H and O–H groups in total. The Morgan fingerprint density at radius 1 is 1.11 bits per heavy atom. The van der Waals surface area contributed by atoms with Gasteiger partial charge in [-0.15, -0.1) is 5.10 Å². The molecule has 9 nitrogen and oxygen atoms in total. The first-order valence-electron chi connectivity index (χ1n) is 11.1. The number of H-pyrrole nitrogens is 1. The standard InChI is InChI=1S/C23H23F3N8O/c1-15-12-19(30-29-15)27-21-18-6-3-7-34(18)31-22(28-21)33-10-8-32(9-11-33)20(35)14-16-4-2-5-17(13-16)23(24,25)26/h2-7,12-13H,8-11,14H2,1H3,(H2,27,28,29,30,31). The number of rotatable bonds is 5.